The van der Waals surface area contributed by atoms with Gasteiger partial charge in [0.2, 0.25) is 0 Å². The van der Waals surface area contributed by atoms with E-state index in [2.05, 4.69) is 18.8 Å². The van der Waals surface area contributed by atoms with Gasteiger partial charge < -0.3 is 4.74 Å². The molecule has 1 aliphatic heterocycles. The average molecular weight is 215 g/mol. The topological polar surface area (TPSA) is 21.6 Å². The number of aliphatic imine (C=N–C) groups is 1. The largest absolute Gasteiger partial charge is 0.490 e. The predicted octanol–water partition coefficient (Wildman–Crippen LogP) is 3.86. The van der Waals surface area contributed by atoms with E-state index in [-0.39, 0.29) is 5.60 Å². The molecule has 1 heterocycles. The number of hydrogen-bond acceptors (Lipinski definition) is 2. The van der Waals surface area contributed by atoms with Gasteiger partial charge in [-0.1, -0.05) is 18.2 Å². The summed E-state index contributed by atoms with van der Waals surface area (Å²) in [5, 5.41) is 0. The lowest BCUT2D eigenvalue weighted by atomic mass is 9.96. The van der Waals surface area contributed by atoms with Crippen molar-refractivity contribution in [2.24, 2.45) is 4.99 Å². The summed E-state index contributed by atoms with van der Waals surface area (Å²) in [7, 11) is 0. The Bertz CT molecular complexity index is 408. The Labute approximate surface area is 96.7 Å². The number of hydrogen-bond donors (Lipinski definition) is 0. The first kappa shape index (κ1) is 10.9. The fourth-order valence-electron chi connectivity index (χ4n) is 1.62. The van der Waals surface area contributed by atoms with Crippen LogP contribution in [-0.4, -0.2) is 11.8 Å². The summed E-state index contributed by atoms with van der Waals surface area (Å²) in [6.07, 6.45) is 5.83. The highest BCUT2D eigenvalue weighted by Gasteiger charge is 2.25. The molecule has 0 saturated carbocycles. The molecule has 1 aromatic carbocycles. The van der Waals surface area contributed by atoms with E-state index >= 15 is 0 Å². The van der Waals surface area contributed by atoms with E-state index in [0.717, 1.165) is 18.5 Å². The van der Waals surface area contributed by atoms with E-state index in [1.807, 2.05) is 42.8 Å². The Hall–Kier alpha value is -1.57. The number of benzene rings is 1. The fraction of sp³-hybridized carbons (Fsp3) is 0.357. The second kappa shape index (κ2) is 4.52. The lowest BCUT2D eigenvalue weighted by Gasteiger charge is -2.29. The van der Waals surface area contributed by atoms with Gasteiger partial charge in [-0.15, -0.1) is 0 Å². The van der Waals surface area contributed by atoms with Crippen molar-refractivity contribution in [1.29, 1.82) is 0 Å². The third-order valence-electron chi connectivity index (χ3n) is 2.79. The van der Waals surface area contributed by atoms with E-state index in [0.29, 0.717) is 0 Å². The minimum absolute atomic E-state index is 0.255. The van der Waals surface area contributed by atoms with E-state index in [4.69, 9.17) is 4.74 Å². The maximum absolute atomic E-state index is 5.69. The molecule has 1 aromatic rings. The molecular formula is C14H17NO. The highest BCUT2D eigenvalue weighted by Crippen LogP contribution is 2.25. The van der Waals surface area contributed by atoms with Crippen molar-refractivity contribution in [2.75, 3.05) is 0 Å². The quantitative estimate of drug-likeness (QED) is 0.686. The second-order valence-electron chi connectivity index (χ2n) is 4.49. The van der Waals surface area contributed by atoms with Gasteiger partial charge in [-0.2, -0.15) is 0 Å². The number of para-hydroxylation sites is 1. The Morgan fingerprint density at radius 2 is 2.06 bits per heavy atom. The van der Waals surface area contributed by atoms with Crippen molar-refractivity contribution in [2.45, 2.75) is 32.3 Å². The standard InChI is InChI=1S/C14H17NO/c1-12-8-9-14(2,16-10-12)11-15-13-6-4-3-5-7-13/h3-7,10-11H,8-9H2,1-2H3/t14-/m0/s1. The Kier molecular flexibility index (Phi) is 3.09. The first-order valence-electron chi connectivity index (χ1n) is 5.62. The first-order valence-corrected chi connectivity index (χ1v) is 5.62. The van der Waals surface area contributed by atoms with Gasteiger partial charge in [0.05, 0.1) is 11.9 Å². The molecule has 1 aliphatic rings. The molecular weight excluding hydrogens is 198 g/mol. The molecule has 16 heavy (non-hydrogen) atoms. The van der Waals surface area contributed by atoms with Crippen LogP contribution >= 0.6 is 0 Å². The predicted molar refractivity (Wildman–Crippen MR) is 67.1 cm³/mol. The number of ether oxygens (including phenoxy) is 1. The first-order chi connectivity index (χ1) is 7.68. The third kappa shape index (κ3) is 2.72. The molecule has 1 atom stereocenters. The molecule has 0 aromatic heterocycles. The van der Waals surface area contributed by atoms with Crippen LogP contribution in [0.25, 0.3) is 0 Å². The highest BCUT2D eigenvalue weighted by atomic mass is 16.5. The van der Waals surface area contributed by atoms with Crippen molar-refractivity contribution < 1.29 is 4.74 Å². The summed E-state index contributed by atoms with van der Waals surface area (Å²) in [6.45, 7) is 4.16. The molecule has 0 radical (unpaired) electrons. The maximum Gasteiger partial charge on any atom is 0.141 e. The second-order valence-corrected chi connectivity index (χ2v) is 4.49. The van der Waals surface area contributed by atoms with Crippen LogP contribution in [-0.2, 0) is 4.74 Å². The van der Waals surface area contributed by atoms with Crippen LogP contribution in [0.1, 0.15) is 26.7 Å². The Balaban J connectivity index is 2.07. The van der Waals surface area contributed by atoms with Crippen LogP contribution < -0.4 is 0 Å². The minimum atomic E-state index is -0.255. The third-order valence-corrected chi connectivity index (χ3v) is 2.79. The minimum Gasteiger partial charge on any atom is -0.490 e. The van der Waals surface area contributed by atoms with Crippen LogP contribution in [0.4, 0.5) is 5.69 Å². The van der Waals surface area contributed by atoms with Crippen LogP contribution in [0.15, 0.2) is 47.2 Å². The fourth-order valence-corrected chi connectivity index (χ4v) is 1.62. The van der Waals surface area contributed by atoms with E-state index in [9.17, 15) is 0 Å². The smallest absolute Gasteiger partial charge is 0.141 e. The van der Waals surface area contributed by atoms with Gasteiger partial charge in [0.15, 0.2) is 0 Å². The number of nitrogens with zero attached hydrogens (tertiary/aromatic N) is 1. The van der Waals surface area contributed by atoms with E-state index in [1.54, 1.807) is 0 Å². The summed E-state index contributed by atoms with van der Waals surface area (Å²) < 4.78 is 5.69. The van der Waals surface area contributed by atoms with Gasteiger partial charge in [-0.25, -0.2) is 0 Å². The highest BCUT2D eigenvalue weighted by molar-refractivity contribution is 5.72. The van der Waals surface area contributed by atoms with Crippen molar-refractivity contribution in [1.82, 2.24) is 0 Å². The van der Waals surface area contributed by atoms with Crippen LogP contribution in [0.5, 0.6) is 0 Å². The molecule has 2 rings (SSSR count). The molecule has 0 N–H and O–H groups in total. The van der Waals surface area contributed by atoms with Crippen LogP contribution in [0.2, 0.25) is 0 Å². The molecule has 0 unspecified atom stereocenters. The molecule has 2 nitrogen and oxygen atoms in total. The summed E-state index contributed by atoms with van der Waals surface area (Å²) in [6, 6.07) is 9.94. The molecule has 0 fully saturated rings. The Morgan fingerprint density at radius 1 is 1.31 bits per heavy atom. The van der Waals surface area contributed by atoms with Crippen LogP contribution in [0.3, 0.4) is 0 Å². The molecule has 0 bridgehead atoms. The van der Waals surface area contributed by atoms with E-state index in [1.165, 1.54) is 5.57 Å². The van der Waals surface area contributed by atoms with Crippen molar-refractivity contribution in [3.8, 4) is 0 Å². The summed E-state index contributed by atoms with van der Waals surface area (Å²) in [4.78, 5) is 4.45. The average Bonchev–Trinajstić information content (AvgIpc) is 2.33. The zero-order valence-corrected chi connectivity index (χ0v) is 9.81. The number of rotatable bonds is 2. The SMILES string of the molecule is CC1=CO[C@](C)(C=Nc2ccccc2)CC1. The summed E-state index contributed by atoms with van der Waals surface area (Å²) in [5.74, 6) is 0. The Morgan fingerprint density at radius 3 is 2.69 bits per heavy atom. The number of allylic oxidation sites excluding steroid dienone is 1. The van der Waals surface area contributed by atoms with Gasteiger partial charge >= 0.3 is 0 Å². The molecule has 84 valence electrons. The molecule has 0 amide bonds. The van der Waals surface area contributed by atoms with Crippen molar-refractivity contribution in [3.05, 3.63) is 42.2 Å². The summed E-state index contributed by atoms with van der Waals surface area (Å²) >= 11 is 0. The van der Waals surface area contributed by atoms with Crippen molar-refractivity contribution >= 4 is 11.9 Å². The zero-order chi connectivity index (χ0) is 11.4. The maximum atomic E-state index is 5.69. The van der Waals surface area contributed by atoms with Gasteiger partial charge in [-0.05, 0) is 44.4 Å². The van der Waals surface area contributed by atoms with Gasteiger partial charge in [-0.3, -0.25) is 4.99 Å². The van der Waals surface area contributed by atoms with Gasteiger partial charge in [0, 0.05) is 6.21 Å². The lowest BCUT2D eigenvalue weighted by Crippen LogP contribution is -2.31. The lowest BCUT2D eigenvalue weighted by molar-refractivity contribution is 0.0862. The normalized spacial score (nSPS) is 25.2. The van der Waals surface area contributed by atoms with Gasteiger partial charge in [0.25, 0.3) is 0 Å². The molecule has 0 saturated heterocycles. The molecule has 2 heteroatoms. The van der Waals surface area contributed by atoms with Gasteiger partial charge in [0.1, 0.15) is 5.60 Å². The van der Waals surface area contributed by atoms with Crippen LogP contribution in [0, 0.1) is 0 Å². The monoisotopic (exact) mass is 215 g/mol. The molecule has 0 spiro atoms. The molecule has 0 aliphatic carbocycles. The van der Waals surface area contributed by atoms with Crippen molar-refractivity contribution in [3.63, 3.8) is 0 Å². The zero-order valence-electron chi connectivity index (χ0n) is 9.81. The van der Waals surface area contributed by atoms with E-state index < -0.39 is 0 Å². The summed E-state index contributed by atoms with van der Waals surface area (Å²) in [5.41, 5.74) is 2.01.